The number of alkyl halides is 2. The lowest BCUT2D eigenvalue weighted by Gasteiger charge is -2.11. The largest absolute Gasteiger partial charge is 0.484 e. The number of Topliss-reactive ketones (excluding diaryl/α,β-unsaturated/α-hetero) is 1. The van der Waals surface area contributed by atoms with E-state index < -0.39 is 11.7 Å². The lowest BCUT2D eigenvalue weighted by atomic mass is 10.1. The number of ketones is 1. The highest BCUT2D eigenvalue weighted by molar-refractivity contribution is 7.99. The van der Waals surface area contributed by atoms with Crippen LogP contribution in [0.2, 0.25) is 0 Å². The number of hydrogen-bond acceptors (Lipinski definition) is 4. The van der Waals surface area contributed by atoms with Crippen LogP contribution < -0.4 is 10.1 Å². The Balaban J connectivity index is 1.97. The van der Waals surface area contributed by atoms with Gasteiger partial charge in [0.1, 0.15) is 5.75 Å². The molecule has 2 rings (SSSR count). The van der Waals surface area contributed by atoms with Gasteiger partial charge >= 0.3 is 0 Å². The third-order valence-electron chi connectivity index (χ3n) is 2.99. The number of ether oxygens (including phenoxy) is 1. The lowest BCUT2D eigenvalue weighted by Crippen LogP contribution is -2.20. The fraction of sp³-hybridized carbons (Fsp3) is 0.176. The molecule has 0 bridgehead atoms. The number of benzene rings is 2. The molecule has 0 saturated heterocycles. The number of thioether (sulfide) groups is 1. The summed E-state index contributed by atoms with van der Waals surface area (Å²) in [6.45, 7) is 1.14. The van der Waals surface area contributed by atoms with Crippen molar-refractivity contribution in [2.75, 3.05) is 11.9 Å². The van der Waals surface area contributed by atoms with Crippen molar-refractivity contribution in [3.63, 3.8) is 0 Å². The third kappa shape index (κ3) is 5.34. The second-order valence-corrected chi connectivity index (χ2v) is 5.83. The van der Waals surface area contributed by atoms with E-state index in [4.69, 9.17) is 4.74 Å². The quantitative estimate of drug-likeness (QED) is 0.599. The summed E-state index contributed by atoms with van der Waals surface area (Å²) < 4.78 is 30.3. The molecule has 0 saturated carbocycles. The number of nitrogens with one attached hydrogen (secondary N) is 1. The summed E-state index contributed by atoms with van der Waals surface area (Å²) in [6, 6.07) is 12.8. The van der Waals surface area contributed by atoms with Crippen molar-refractivity contribution in [2.45, 2.75) is 17.6 Å². The van der Waals surface area contributed by atoms with Gasteiger partial charge in [-0.25, -0.2) is 0 Å². The van der Waals surface area contributed by atoms with E-state index in [0.29, 0.717) is 28.8 Å². The van der Waals surface area contributed by atoms with E-state index in [9.17, 15) is 18.4 Å². The maximum Gasteiger partial charge on any atom is 0.288 e. The average Bonchev–Trinajstić information content (AvgIpc) is 2.54. The summed E-state index contributed by atoms with van der Waals surface area (Å²) in [5, 5.41) is 2.54. The van der Waals surface area contributed by atoms with Gasteiger partial charge in [0.25, 0.3) is 11.7 Å². The lowest BCUT2D eigenvalue weighted by molar-refractivity contribution is -0.118. The summed E-state index contributed by atoms with van der Waals surface area (Å²) >= 11 is 0.360. The average molecular weight is 351 g/mol. The van der Waals surface area contributed by atoms with Crippen LogP contribution in [0.3, 0.4) is 0 Å². The van der Waals surface area contributed by atoms with Gasteiger partial charge in [0.05, 0.1) is 5.69 Å². The molecule has 0 fully saturated rings. The summed E-state index contributed by atoms with van der Waals surface area (Å²) in [5.74, 6) is -2.78. The van der Waals surface area contributed by atoms with E-state index in [0.717, 1.165) is 0 Å². The number of hydrogen-bond donors (Lipinski definition) is 1. The molecule has 4 nitrogen and oxygen atoms in total. The summed E-state index contributed by atoms with van der Waals surface area (Å²) in [6.07, 6.45) is 0. The predicted molar refractivity (Wildman–Crippen MR) is 88.9 cm³/mol. The van der Waals surface area contributed by atoms with Gasteiger partial charge in [0, 0.05) is 10.5 Å². The fourth-order valence-corrected chi connectivity index (χ4v) is 2.50. The topological polar surface area (TPSA) is 55.4 Å². The maximum absolute atomic E-state index is 12.5. The zero-order chi connectivity index (χ0) is 17.5. The Labute approximate surface area is 142 Å². The molecule has 1 amide bonds. The first kappa shape index (κ1) is 17.9. The highest BCUT2D eigenvalue weighted by Crippen LogP contribution is 2.31. The number of rotatable bonds is 7. The molecule has 24 heavy (non-hydrogen) atoms. The predicted octanol–water partition coefficient (Wildman–Crippen LogP) is 4.22. The number of carbonyl (C=O) groups is 2. The van der Waals surface area contributed by atoms with E-state index in [1.54, 1.807) is 36.4 Å². The fourth-order valence-electron chi connectivity index (χ4n) is 1.91. The van der Waals surface area contributed by atoms with Gasteiger partial charge < -0.3 is 10.1 Å². The van der Waals surface area contributed by atoms with E-state index in [1.807, 2.05) is 0 Å². The van der Waals surface area contributed by atoms with Crippen LogP contribution in [-0.2, 0) is 4.79 Å². The van der Waals surface area contributed by atoms with Crippen LogP contribution in [0.25, 0.3) is 0 Å². The summed E-state index contributed by atoms with van der Waals surface area (Å²) in [7, 11) is 0. The standard InChI is InChI=1S/C17H15F2NO3S/c1-11(21)12-5-4-6-13(9-12)23-10-16(22)20-14-7-2-3-8-15(14)24-17(18)19/h2-9,17H,10H2,1H3,(H,20,22). The summed E-state index contributed by atoms with van der Waals surface area (Å²) in [4.78, 5) is 23.5. The molecule has 0 radical (unpaired) electrons. The highest BCUT2D eigenvalue weighted by Gasteiger charge is 2.12. The molecule has 0 aliphatic heterocycles. The number of anilines is 1. The molecule has 0 aliphatic carbocycles. The molecular formula is C17H15F2NO3S. The molecule has 0 unspecified atom stereocenters. The van der Waals surface area contributed by atoms with Crippen LogP contribution in [-0.4, -0.2) is 24.1 Å². The van der Waals surface area contributed by atoms with Crippen molar-refractivity contribution in [3.05, 3.63) is 54.1 Å². The second-order valence-electron chi connectivity index (χ2n) is 4.80. The zero-order valence-corrected chi connectivity index (χ0v) is 13.6. The Bertz CT molecular complexity index is 737. The number of para-hydroxylation sites is 1. The minimum atomic E-state index is -2.58. The van der Waals surface area contributed by atoms with Gasteiger partial charge in [-0.05, 0) is 31.2 Å². The number of halogens is 2. The van der Waals surface area contributed by atoms with Crippen LogP contribution in [0.5, 0.6) is 5.75 Å². The SMILES string of the molecule is CC(=O)c1cccc(OCC(=O)Nc2ccccc2SC(F)F)c1. The van der Waals surface area contributed by atoms with Crippen LogP contribution >= 0.6 is 11.8 Å². The van der Waals surface area contributed by atoms with Crippen LogP contribution in [0.4, 0.5) is 14.5 Å². The molecule has 0 atom stereocenters. The molecular weight excluding hydrogens is 336 g/mol. The van der Waals surface area contributed by atoms with E-state index in [2.05, 4.69) is 5.32 Å². The molecule has 1 N–H and O–H groups in total. The first-order valence-corrected chi connectivity index (χ1v) is 7.91. The minimum absolute atomic E-state index is 0.108. The molecule has 2 aromatic carbocycles. The normalized spacial score (nSPS) is 10.5. The van der Waals surface area contributed by atoms with Gasteiger partial charge in [-0.2, -0.15) is 8.78 Å². The molecule has 126 valence electrons. The Morgan fingerprint density at radius 1 is 1.17 bits per heavy atom. The zero-order valence-electron chi connectivity index (χ0n) is 12.8. The van der Waals surface area contributed by atoms with Gasteiger partial charge in [-0.1, -0.05) is 36.0 Å². The molecule has 0 aromatic heterocycles. The van der Waals surface area contributed by atoms with Gasteiger partial charge in [0.2, 0.25) is 0 Å². The van der Waals surface area contributed by atoms with E-state index >= 15 is 0 Å². The van der Waals surface area contributed by atoms with Gasteiger partial charge in [-0.15, -0.1) is 0 Å². The molecule has 7 heteroatoms. The molecule has 2 aromatic rings. The minimum Gasteiger partial charge on any atom is -0.484 e. The Kier molecular flexibility index (Phi) is 6.31. The van der Waals surface area contributed by atoms with Gasteiger partial charge in [0.15, 0.2) is 12.4 Å². The van der Waals surface area contributed by atoms with Crippen molar-refractivity contribution in [2.24, 2.45) is 0 Å². The Hall–Kier alpha value is -2.41. The third-order valence-corrected chi connectivity index (χ3v) is 3.78. The van der Waals surface area contributed by atoms with Crippen LogP contribution in [0, 0.1) is 0 Å². The van der Waals surface area contributed by atoms with E-state index in [1.165, 1.54) is 19.1 Å². The van der Waals surface area contributed by atoms with Crippen molar-refractivity contribution in [3.8, 4) is 5.75 Å². The van der Waals surface area contributed by atoms with E-state index in [-0.39, 0.29) is 17.3 Å². The number of carbonyl (C=O) groups excluding carboxylic acids is 2. The number of amides is 1. The first-order valence-electron chi connectivity index (χ1n) is 7.03. The van der Waals surface area contributed by atoms with Crippen molar-refractivity contribution >= 4 is 29.1 Å². The first-order chi connectivity index (χ1) is 11.5. The Morgan fingerprint density at radius 3 is 2.62 bits per heavy atom. The summed E-state index contributed by atoms with van der Waals surface area (Å²) in [5.41, 5.74) is 0.778. The maximum atomic E-state index is 12.5. The second kappa shape index (κ2) is 8.44. The highest BCUT2D eigenvalue weighted by atomic mass is 32.2. The molecule has 0 spiro atoms. The smallest absolute Gasteiger partial charge is 0.288 e. The molecule has 0 heterocycles. The molecule has 0 aliphatic rings. The Morgan fingerprint density at radius 2 is 1.92 bits per heavy atom. The monoisotopic (exact) mass is 351 g/mol. The van der Waals surface area contributed by atoms with Crippen molar-refractivity contribution in [1.29, 1.82) is 0 Å². The van der Waals surface area contributed by atoms with Gasteiger partial charge in [-0.3, -0.25) is 9.59 Å². The van der Waals surface area contributed by atoms with Crippen molar-refractivity contribution < 1.29 is 23.1 Å². The van der Waals surface area contributed by atoms with Crippen LogP contribution in [0.1, 0.15) is 17.3 Å². The van der Waals surface area contributed by atoms with Crippen molar-refractivity contribution in [1.82, 2.24) is 0 Å². The van der Waals surface area contributed by atoms with Crippen LogP contribution in [0.15, 0.2) is 53.4 Å².